The zero-order valence-corrected chi connectivity index (χ0v) is 12.4. The molecule has 1 aliphatic heterocycles. The molecule has 19 heavy (non-hydrogen) atoms. The molecule has 0 radical (unpaired) electrons. The van der Waals surface area contributed by atoms with Crippen molar-refractivity contribution in [2.24, 2.45) is 5.73 Å². The molecular formula is C12H19ClN2O3S. The van der Waals surface area contributed by atoms with E-state index in [1.807, 2.05) is 0 Å². The molecule has 1 saturated heterocycles. The fourth-order valence-electron chi connectivity index (χ4n) is 2.16. The van der Waals surface area contributed by atoms with E-state index < -0.39 is 10.0 Å². The molecule has 1 atom stereocenters. The van der Waals surface area contributed by atoms with Gasteiger partial charge in [-0.15, -0.1) is 12.4 Å². The van der Waals surface area contributed by atoms with Gasteiger partial charge in [0.25, 0.3) is 0 Å². The third kappa shape index (κ3) is 3.39. The molecule has 0 aromatic heterocycles. The van der Waals surface area contributed by atoms with E-state index in [4.69, 9.17) is 10.5 Å². The highest BCUT2D eigenvalue weighted by Crippen LogP contribution is 2.27. The predicted octanol–water partition coefficient (Wildman–Crippen LogP) is 1.23. The first-order valence-electron chi connectivity index (χ1n) is 5.94. The van der Waals surface area contributed by atoms with Gasteiger partial charge in [0.2, 0.25) is 10.0 Å². The van der Waals surface area contributed by atoms with Gasteiger partial charge in [0.1, 0.15) is 10.6 Å². The van der Waals surface area contributed by atoms with Gasteiger partial charge in [0.15, 0.2) is 0 Å². The van der Waals surface area contributed by atoms with E-state index in [1.54, 1.807) is 24.3 Å². The fraction of sp³-hybridized carbons (Fsp3) is 0.500. The summed E-state index contributed by atoms with van der Waals surface area (Å²) in [6, 6.07) is 6.58. The van der Waals surface area contributed by atoms with Crippen LogP contribution in [-0.4, -0.2) is 39.0 Å². The van der Waals surface area contributed by atoms with Crippen LogP contribution in [0, 0.1) is 0 Å². The SMILES string of the molecule is COc1ccccc1S(=O)(=O)N1CCC[C@@H](N)C1.Cl. The van der Waals surface area contributed by atoms with Gasteiger partial charge in [-0.1, -0.05) is 12.1 Å². The van der Waals surface area contributed by atoms with Crippen LogP contribution >= 0.6 is 12.4 Å². The molecule has 5 nitrogen and oxygen atoms in total. The van der Waals surface area contributed by atoms with Gasteiger partial charge >= 0.3 is 0 Å². The third-order valence-corrected chi connectivity index (χ3v) is 5.01. The number of nitrogens with two attached hydrogens (primary N) is 1. The van der Waals surface area contributed by atoms with E-state index >= 15 is 0 Å². The predicted molar refractivity (Wildman–Crippen MR) is 76.2 cm³/mol. The van der Waals surface area contributed by atoms with Crippen LogP contribution in [0.4, 0.5) is 0 Å². The Morgan fingerprint density at radius 3 is 2.68 bits per heavy atom. The average Bonchev–Trinajstić information content (AvgIpc) is 2.38. The minimum absolute atomic E-state index is 0. The summed E-state index contributed by atoms with van der Waals surface area (Å²) in [6.07, 6.45) is 1.67. The average molecular weight is 307 g/mol. The molecule has 1 fully saturated rings. The number of hydrogen-bond donors (Lipinski definition) is 1. The number of hydrogen-bond acceptors (Lipinski definition) is 4. The van der Waals surface area contributed by atoms with Crippen molar-refractivity contribution in [3.8, 4) is 5.75 Å². The number of nitrogens with zero attached hydrogens (tertiary/aromatic N) is 1. The summed E-state index contributed by atoms with van der Waals surface area (Å²) < 4.78 is 31.6. The molecule has 2 rings (SSSR count). The molecule has 1 aliphatic rings. The van der Waals surface area contributed by atoms with Crippen LogP contribution in [0.15, 0.2) is 29.2 Å². The van der Waals surface area contributed by atoms with Gasteiger partial charge in [-0.2, -0.15) is 4.31 Å². The van der Waals surface area contributed by atoms with Crippen molar-refractivity contribution >= 4 is 22.4 Å². The van der Waals surface area contributed by atoms with Crippen LogP contribution in [0.25, 0.3) is 0 Å². The van der Waals surface area contributed by atoms with Crippen molar-refractivity contribution in [3.63, 3.8) is 0 Å². The fourth-order valence-corrected chi connectivity index (χ4v) is 3.85. The molecule has 0 bridgehead atoms. The molecule has 1 aromatic rings. The largest absolute Gasteiger partial charge is 0.495 e. The molecule has 0 spiro atoms. The van der Waals surface area contributed by atoms with E-state index in [1.165, 1.54) is 11.4 Å². The second kappa shape index (κ2) is 6.56. The first-order valence-corrected chi connectivity index (χ1v) is 7.38. The molecule has 0 saturated carbocycles. The van der Waals surface area contributed by atoms with Gasteiger partial charge < -0.3 is 10.5 Å². The molecule has 7 heteroatoms. The van der Waals surface area contributed by atoms with Crippen molar-refractivity contribution in [2.75, 3.05) is 20.2 Å². The Hall–Kier alpha value is -0.820. The summed E-state index contributed by atoms with van der Waals surface area (Å²) >= 11 is 0. The quantitative estimate of drug-likeness (QED) is 0.911. The van der Waals surface area contributed by atoms with E-state index in [9.17, 15) is 8.42 Å². The monoisotopic (exact) mass is 306 g/mol. The lowest BCUT2D eigenvalue weighted by atomic mass is 10.1. The maximum absolute atomic E-state index is 12.5. The van der Waals surface area contributed by atoms with Crippen molar-refractivity contribution in [3.05, 3.63) is 24.3 Å². The molecular weight excluding hydrogens is 288 g/mol. The van der Waals surface area contributed by atoms with Crippen LogP contribution in [0.3, 0.4) is 0 Å². The highest BCUT2D eigenvalue weighted by molar-refractivity contribution is 7.89. The lowest BCUT2D eigenvalue weighted by Gasteiger charge is -2.30. The maximum Gasteiger partial charge on any atom is 0.246 e. The summed E-state index contributed by atoms with van der Waals surface area (Å²) in [5, 5.41) is 0. The van der Waals surface area contributed by atoms with Crippen molar-refractivity contribution < 1.29 is 13.2 Å². The summed E-state index contributed by atoms with van der Waals surface area (Å²) in [7, 11) is -2.04. The lowest BCUT2D eigenvalue weighted by Crippen LogP contribution is -2.45. The highest BCUT2D eigenvalue weighted by atomic mass is 35.5. The topological polar surface area (TPSA) is 72.6 Å². The zero-order valence-electron chi connectivity index (χ0n) is 10.8. The number of piperidine rings is 1. The Labute approximate surface area is 120 Å². The molecule has 1 aromatic carbocycles. The van der Waals surface area contributed by atoms with Gasteiger partial charge in [-0.3, -0.25) is 0 Å². The number of benzene rings is 1. The summed E-state index contributed by atoms with van der Waals surface area (Å²) in [4.78, 5) is 0.210. The molecule has 2 N–H and O–H groups in total. The number of para-hydroxylation sites is 1. The normalized spacial score (nSPS) is 20.6. The van der Waals surface area contributed by atoms with Crippen LogP contribution in [0.1, 0.15) is 12.8 Å². The minimum atomic E-state index is -3.51. The third-order valence-electron chi connectivity index (χ3n) is 3.11. The molecule has 0 amide bonds. The highest BCUT2D eigenvalue weighted by Gasteiger charge is 2.30. The number of methoxy groups -OCH3 is 1. The van der Waals surface area contributed by atoms with Crippen LogP contribution in [0.5, 0.6) is 5.75 Å². The summed E-state index contributed by atoms with van der Waals surface area (Å²) in [5.41, 5.74) is 5.83. The van der Waals surface area contributed by atoms with E-state index in [-0.39, 0.29) is 23.3 Å². The smallest absolute Gasteiger partial charge is 0.246 e. The van der Waals surface area contributed by atoms with E-state index in [0.29, 0.717) is 18.8 Å². The van der Waals surface area contributed by atoms with Crippen molar-refractivity contribution in [1.82, 2.24) is 4.31 Å². The standard InChI is InChI=1S/C12H18N2O3S.ClH/c1-17-11-6-2-3-7-12(11)18(15,16)14-8-4-5-10(13)9-14;/h2-3,6-7,10H,4-5,8-9,13H2,1H3;1H/t10-;/m1./s1. The molecule has 1 heterocycles. The van der Waals surface area contributed by atoms with Gasteiger partial charge in [-0.25, -0.2) is 8.42 Å². The van der Waals surface area contributed by atoms with Crippen LogP contribution in [-0.2, 0) is 10.0 Å². The van der Waals surface area contributed by atoms with E-state index in [0.717, 1.165) is 12.8 Å². The van der Waals surface area contributed by atoms with Crippen molar-refractivity contribution in [1.29, 1.82) is 0 Å². The second-order valence-electron chi connectivity index (χ2n) is 4.42. The first kappa shape index (κ1) is 16.2. The number of sulfonamides is 1. The number of halogens is 1. The second-order valence-corrected chi connectivity index (χ2v) is 6.32. The van der Waals surface area contributed by atoms with Crippen LogP contribution in [0.2, 0.25) is 0 Å². The van der Waals surface area contributed by atoms with E-state index in [2.05, 4.69) is 0 Å². The van der Waals surface area contributed by atoms with Gasteiger partial charge in [-0.05, 0) is 25.0 Å². The number of ether oxygens (including phenoxy) is 1. The molecule has 0 unspecified atom stereocenters. The Bertz CT molecular complexity index is 521. The zero-order chi connectivity index (χ0) is 13.2. The van der Waals surface area contributed by atoms with Crippen molar-refractivity contribution in [2.45, 2.75) is 23.8 Å². The summed E-state index contributed by atoms with van der Waals surface area (Å²) in [5.74, 6) is 0.372. The Kier molecular flexibility index (Phi) is 5.61. The maximum atomic E-state index is 12.5. The first-order chi connectivity index (χ1) is 8.55. The van der Waals surface area contributed by atoms with Gasteiger partial charge in [0, 0.05) is 19.1 Å². The Balaban J connectivity index is 0.00000180. The molecule has 108 valence electrons. The Morgan fingerprint density at radius 1 is 1.37 bits per heavy atom. The summed E-state index contributed by atoms with van der Waals surface area (Å²) in [6.45, 7) is 0.897. The minimum Gasteiger partial charge on any atom is -0.495 e. The lowest BCUT2D eigenvalue weighted by molar-refractivity contribution is 0.314. The van der Waals surface area contributed by atoms with Gasteiger partial charge in [0.05, 0.1) is 7.11 Å². The Morgan fingerprint density at radius 2 is 2.05 bits per heavy atom. The number of rotatable bonds is 3. The molecule has 0 aliphatic carbocycles. The van der Waals surface area contributed by atoms with Crippen LogP contribution < -0.4 is 10.5 Å².